The van der Waals surface area contributed by atoms with Crippen molar-refractivity contribution < 1.29 is 4.79 Å². The molecule has 0 atom stereocenters. The first-order chi connectivity index (χ1) is 5.83. The number of hydrogen-bond acceptors (Lipinski definition) is 2. The van der Waals surface area contributed by atoms with Gasteiger partial charge in [0.15, 0.2) is 0 Å². The normalized spacial score (nSPS) is 21.0. The molecule has 1 fully saturated rings. The Hall–Kier alpha value is -0.880. The molecule has 2 nitrogen and oxygen atoms in total. The van der Waals surface area contributed by atoms with Crippen LogP contribution in [-0.4, -0.2) is 11.6 Å². The second-order valence-electron chi connectivity index (χ2n) is 3.48. The molecule has 0 heterocycles. The Morgan fingerprint density at radius 1 is 1.42 bits per heavy atom. The molecule has 1 aliphatic carbocycles. The molecule has 0 radical (unpaired) electrons. The van der Waals surface area contributed by atoms with Crippen LogP contribution in [0.15, 0.2) is 17.6 Å². The summed E-state index contributed by atoms with van der Waals surface area (Å²) in [4.78, 5) is 14.2. The van der Waals surface area contributed by atoms with Crippen molar-refractivity contribution in [2.45, 2.75) is 44.1 Å². The summed E-state index contributed by atoms with van der Waals surface area (Å²) >= 11 is 0. The van der Waals surface area contributed by atoms with Crippen LogP contribution in [0.2, 0.25) is 0 Å². The molecule has 12 heavy (non-hydrogen) atoms. The van der Waals surface area contributed by atoms with Crippen LogP contribution in [0.4, 0.5) is 0 Å². The molecule has 0 aromatic heterocycles. The highest BCUT2D eigenvalue weighted by molar-refractivity contribution is 5.35. The van der Waals surface area contributed by atoms with Crippen LogP contribution in [-0.2, 0) is 4.79 Å². The summed E-state index contributed by atoms with van der Waals surface area (Å²) in [5.74, 6) is 0. The van der Waals surface area contributed by atoms with Gasteiger partial charge in [0.1, 0.15) is 0 Å². The molecule has 1 saturated carbocycles. The second-order valence-corrected chi connectivity index (χ2v) is 3.48. The molecule has 1 aliphatic rings. The fourth-order valence-electron chi connectivity index (χ4n) is 1.94. The Labute approximate surface area is 73.4 Å². The molecule has 0 amide bonds. The van der Waals surface area contributed by atoms with Gasteiger partial charge in [-0.05, 0) is 19.3 Å². The summed E-state index contributed by atoms with van der Waals surface area (Å²) in [5.41, 5.74) is -0.137. The SMILES string of the molecule is C=CCC1(N=C=O)CCCCC1. The van der Waals surface area contributed by atoms with Crippen molar-refractivity contribution in [2.24, 2.45) is 4.99 Å². The van der Waals surface area contributed by atoms with Crippen molar-refractivity contribution in [3.05, 3.63) is 12.7 Å². The Bertz CT molecular complexity index is 198. The lowest BCUT2D eigenvalue weighted by Crippen LogP contribution is -2.28. The summed E-state index contributed by atoms with van der Waals surface area (Å²) in [6, 6.07) is 0. The molecular formula is C10H15NO. The smallest absolute Gasteiger partial charge is 0.211 e. The van der Waals surface area contributed by atoms with Gasteiger partial charge in [0.2, 0.25) is 6.08 Å². The predicted molar refractivity (Wildman–Crippen MR) is 48.8 cm³/mol. The average Bonchev–Trinajstić information content (AvgIpc) is 2.07. The largest absolute Gasteiger partial charge is 0.235 e. The standard InChI is InChI=1S/C10H15NO/c1-2-6-10(11-9-12)7-4-3-5-8-10/h2H,1,3-8H2. The Morgan fingerprint density at radius 3 is 2.58 bits per heavy atom. The maximum Gasteiger partial charge on any atom is 0.235 e. The van der Waals surface area contributed by atoms with Gasteiger partial charge in [0.25, 0.3) is 0 Å². The molecule has 0 spiro atoms. The van der Waals surface area contributed by atoms with E-state index in [0.29, 0.717) is 0 Å². The molecule has 2 heteroatoms. The van der Waals surface area contributed by atoms with Crippen molar-refractivity contribution in [2.75, 3.05) is 0 Å². The molecule has 0 unspecified atom stereocenters. The highest BCUT2D eigenvalue weighted by Gasteiger charge is 2.29. The molecule has 0 saturated heterocycles. The van der Waals surface area contributed by atoms with E-state index in [1.807, 2.05) is 6.08 Å². The summed E-state index contributed by atoms with van der Waals surface area (Å²) in [6.07, 6.45) is 10.0. The molecule has 1 rings (SSSR count). The summed E-state index contributed by atoms with van der Waals surface area (Å²) in [5, 5.41) is 0. The summed E-state index contributed by atoms with van der Waals surface area (Å²) in [7, 11) is 0. The van der Waals surface area contributed by atoms with Gasteiger partial charge in [-0.2, -0.15) is 4.99 Å². The van der Waals surface area contributed by atoms with E-state index in [-0.39, 0.29) is 5.54 Å². The zero-order valence-electron chi connectivity index (χ0n) is 7.38. The van der Waals surface area contributed by atoms with Crippen molar-refractivity contribution in [1.82, 2.24) is 0 Å². The van der Waals surface area contributed by atoms with E-state index >= 15 is 0 Å². The second kappa shape index (κ2) is 4.22. The minimum Gasteiger partial charge on any atom is -0.211 e. The van der Waals surface area contributed by atoms with Crippen LogP contribution >= 0.6 is 0 Å². The fourth-order valence-corrected chi connectivity index (χ4v) is 1.94. The summed E-state index contributed by atoms with van der Waals surface area (Å²) < 4.78 is 0. The molecule has 66 valence electrons. The van der Waals surface area contributed by atoms with Crippen molar-refractivity contribution in [3.8, 4) is 0 Å². The summed E-state index contributed by atoms with van der Waals surface area (Å²) in [6.45, 7) is 3.69. The van der Waals surface area contributed by atoms with E-state index < -0.39 is 0 Å². The number of carbonyl (C=O) groups excluding carboxylic acids is 1. The van der Waals surface area contributed by atoms with Gasteiger partial charge in [-0.1, -0.05) is 25.3 Å². The molecule has 0 aromatic rings. The fraction of sp³-hybridized carbons (Fsp3) is 0.700. The van der Waals surface area contributed by atoms with Crippen molar-refractivity contribution in [1.29, 1.82) is 0 Å². The topological polar surface area (TPSA) is 29.4 Å². The molecule has 0 aliphatic heterocycles. The number of hydrogen-bond donors (Lipinski definition) is 0. The monoisotopic (exact) mass is 165 g/mol. The van der Waals surface area contributed by atoms with Crippen LogP contribution in [0.5, 0.6) is 0 Å². The van der Waals surface area contributed by atoms with Gasteiger partial charge in [0, 0.05) is 0 Å². The van der Waals surface area contributed by atoms with Gasteiger partial charge in [-0.15, -0.1) is 6.58 Å². The van der Waals surface area contributed by atoms with E-state index in [1.54, 1.807) is 6.08 Å². The lowest BCUT2D eigenvalue weighted by Gasteiger charge is -2.30. The van der Waals surface area contributed by atoms with E-state index in [0.717, 1.165) is 19.3 Å². The quantitative estimate of drug-likeness (QED) is 0.359. The molecule has 0 bridgehead atoms. The zero-order chi connectivity index (χ0) is 8.86. The van der Waals surface area contributed by atoms with Gasteiger partial charge in [0.05, 0.1) is 5.54 Å². The number of rotatable bonds is 3. The van der Waals surface area contributed by atoms with Crippen LogP contribution in [0, 0.1) is 0 Å². The first-order valence-corrected chi connectivity index (χ1v) is 4.53. The lowest BCUT2D eigenvalue weighted by atomic mass is 9.80. The van der Waals surface area contributed by atoms with E-state index in [9.17, 15) is 4.79 Å². The highest BCUT2D eigenvalue weighted by atomic mass is 16.1. The molecule has 0 N–H and O–H groups in total. The van der Waals surface area contributed by atoms with E-state index in [2.05, 4.69) is 11.6 Å². The molecular weight excluding hydrogens is 150 g/mol. The third-order valence-corrected chi connectivity index (χ3v) is 2.59. The maximum atomic E-state index is 10.2. The first kappa shape index (κ1) is 9.21. The maximum absolute atomic E-state index is 10.2. The number of isocyanates is 1. The van der Waals surface area contributed by atoms with Crippen LogP contribution in [0.1, 0.15) is 38.5 Å². The van der Waals surface area contributed by atoms with E-state index in [4.69, 9.17) is 0 Å². The average molecular weight is 165 g/mol. The van der Waals surface area contributed by atoms with E-state index in [1.165, 1.54) is 19.3 Å². The Kier molecular flexibility index (Phi) is 3.24. The predicted octanol–water partition coefficient (Wildman–Crippen LogP) is 2.60. The highest BCUT2D eigenvalue weighted by Crippen LogP contribution is 2.34. The van der Waals surface area contributed by atoms with Crippen molar-refractivity contribution >= 4 is 6.08 Å². The lowest BCUT2D eigenvalue weighted by molar-refractivity contribution is 0.300. The first-order valence-electron chi connectivity index (χ1n) is 4.53. The van der Waals surface area contributed by atoms with Gasteiger partial charge < -0.3 is 0 Å². The van der Waals surface area contributed by atoms with Gasteiger partial charge >= 0.3 is 0 Å². The number of nitrogens with zero attached hydrogens (tertiary/aromatic N) is 1. The van der Waals surface area contributed by atoms with Crippen molar-refractivity contribution in [3.63, 3.8) is 0 Å². The van der Waals surface area contributed by atoms with Crippen LogP contribution in [0.3, 0.4) is 0 Å². The minimum absolute atomic E-state index is 0.137. The minimum atomic E-state index is -0.137. The van der Waals surface area contributed by atoms with Crippen LogP contribution < -0.4 is 0 Å². The Balaban J connectivity index is 2.68. The Morgan fingerprint density at radius 2 is 2.08 bits per heavy atom. The third kappa shape index (κ3) is 2.05. The molecule has 0 aromatic carbocycles. The number of aliphatic imine (C=N–C) groups is 1. The third-order valence-electron chi connectivity index (χ3n) is 2.59. The van der Waals surface area contributed by atoms with Crippen LogP contribution in [0.25, 0.3) is 0 Å². The zero-order valence-corrected chi connectivity index (χ0v) is 7.38. The van der Waals surface area contributed by atoms with Gasteiger partial charge in [-0.25, -0.2) is 4.79 Å². The van der Waals surface area contributed by atoms with Gasteiger partial charge in [-0.3, -0.25) is 0 Å².